The average Bonchev–Trinajstić information content (AvgIpc) is 2.79. The van der Waals surface area contributed by atoms with E-state index in [1.807, 2.05) is 6.07 Å². The fourth-order valence-electron chi connectivity index (χ4n) is 3.60. The van der Waals surface area contributed by atoms with Gasteiger partial charge >= 0.3 is 0 Å². The van der Waals surface area contributed by atoms with Crippen molar-refractivity contribution in [2.45, 2.75) is 26.2 Å². The van der Waals surface area contributed by atoms with Crippen molar-refractivity contribution < 1.29 is 17.6 Å². The molecule has 4 aromatic carbocycles. The molecule has 0 nitrogen and oxygen atoms in total. The summed E-state index contributed by atoms with van der Waals surface area (Å²) in [5.74, 6) is 2.85. The monoisotopic (exact) mass is 432 g/mol. The molecule has 0 fully saturated rings. The van der Waals surface area contributed by atoms with E-state index in [1.54, 1.807) is 24.3 Å². The molecule has 0 amide bonds. The Morgan fingerprint density at radius 1 is 0.719 bits per heavy atom. The molecule has 32 heavy (non-hydrogen) atoms. The van der Waals surface area contributed by atoms with Crippen LogP contribution in [0.5, 0.6) is 0 Å². The average molecular weight is 432 g/mol. The number of rotatable bonds is 4. The Bertz CT molecular complexity index is 1360. The molecule has 0 unspecified atom stereocenters. The van der Waals surface area contributed by atoms with Crippen LogP contribution in [-0.4, -0.2) is 0 Å². The lowest BCUT2D eigenvalue weighted by molar-refractivity contribution is 0.517. The normalized spacial score (nSPS) is 10.8. The van der Waals surface area contributed by atoms with Crippen molar-refractivity contribution in [3.8, 4) is 23.0 Å². The van der Waals surface area contributed by atoms with E-state index < -0.39 is 17.5 Å². The molecule has 0 radical (unpaired) electrons. The van der Waals surface area contributed by atoms with Crippen LogP contribution in [0, 0.1) is 35.1 Å². The standard InChI is InChI=1S/C28H20F4/c1-2-3-4-18-6-12-23(27(31)16-18)22-10-9-20(26(30)17-22)8-5-19-7-13-24-21(15-19)11-14-25(29)28(24)32/h6-7,9-17H,2-4H2,1H3. The van der Waals surface area contributed by atoms with Gasteiger partial charge < -0.3 is 0 Å². The molecule has 0 N–H and O–H groups in total. The SMILES string of the molecule is CCCCc1ccc(-c2ccc(C#Cc3ccc4c(F)c(F)ccc4c3)c(F)c2)c(F)c1. The first-order chi connectivity index (χ1) is 15.5. The van der Waals surface area contributed by atoms with Gasteiger partial charge in [0.05, 0.1) is 5.56 Å². The van der Waals surface area contributed by atoms with Crippen molar-refractivity contribution in [2.75, 3.05) is 0 Å². The molecule has 4 aromatic rings. The van der Waals surface area contributed by atoms with Gasteiger partial charge in [-0.1, -0.05) is 55.5 Å². The highest BCUT2D eigenvalue weighted by Gasteiger charge is 2.10. The zero-order chi connectivity index (χ0) is 22.7. The van der Waals surface area contributed by atoms with E-state index in [4.69, 9.17) is 0 Å². The highest BCUT2D eigenvalue weighted by molar-refractivity contribution is 5.84. The topological polar surface area (TPSA) is 0 Å². The lowest BCUT2D eigenvalue weighted by Crippen LogP contribution is -1.92. The maximum Gasteiger partial charge on any atom is 0.166 e. The second-order valence-electron chi connectivity index (χ2n) is 7.66. The number of hydrogen-bond acceptors (Lipinski definition) is 0. The molecular formula is C28H20F4. The van der Waals surface area contributed by atoms with Crippen LogP contribution in [0.1, 0.15) is 36.5 Å². The Balaban J connectivity index is 1.59. The molecule has 4 rings (SSSR count). The summed E-state index contributed by atoms with van der Waals surface area (Å²) in [6.07, 6.45) is 2.84. The van der Waals surface area contributed by atoms with Gasteiger partial charge in [0, 0.05) is 16.5 Å². The Kier molecular flexibility index (Phi) is 6.28. The Morgan fingerprint density at radius 3 is 2.31 bits per heavy atom. The number of hydrogen-bond donors (Lipinski definition) is 0. The molecular weight excluding hydrogens is 412 g/mol. The minimum atomic E-state index is -0.912. The van der Waals surface area contributed by atoms with Gasteiger partial charge in [-0.15, -0.1) is 0 Å². The van der Waals surface area contributed by atoms with E-state index >= 15 is 0 Å². The molecule has 0 bridgehead atoms. The molecule has 0 aliphatic heterocycles. The maximum atomic E-state index is 14.7. The van der Waals surface area contributed by atoms with Crippen molar-refractivity contribution in [3.63, 3.8) is 0 Å². The van der Waals surface area contributed by atoms with Gasteiger partial charge in [0.15, 0.2) is 11.6 Å². The summed E-state index contributed by atoms with van der Waals surface area (Å²) < 4.78 is 56.4. The highest BCUT2D eigenvalue weighted by Crippen LogP contribution is 2.26. The van der Waals surface area contributed by atoms with Gasteiger partial charge in [-0.25, -0.2) is 17.6 Å². The highest BCUT2D eigenvalue weighted by atomic mass is 19.2. The zero-order valence-electron chi connectivity index (χ0n) is 17.5. The predicted molar refractivity (Wildman–Crippen MR) is 120 cm³/mol. The van der Waals surface area contributed by atoms with Gasteiger partial charge in [0.25, 0.3) is 0 Å². The molecule has 160 valence electrons. The quantitative estimate of drug-likeness (QED) is 0.228. The van der Waals surface area contributed by atoms with Crippen LogP contribution < -0.4 is 0 Å². The lowest BCUT2D eigenvalue weighted by atomic mass is 9.99. The third-order valence-electron chi connectivity index (χ3n) is 5.38. The van der Waals surface area contributed by atoms with Gasteiger partial charge in [-0.05, 0) is 65.8 Å². The number of halogens is 4. The molecule has 0 spiro atoms. The number of fused-ring (bicyclic) bond motifs is 1. The van der Waals surface area contributed by atoms with Crippen LogP contribution in [0.15, 0.2) is 66.7 Å². The van der Waals surface area contributed by atoms with E-state index in [0.29, 0.717) is 22.1 Å². The molecule has 0 atom stereocenters. The Morgan fingerprint density at radius 2 is 1.56 bits per heavy atom. The smallest absolute Gasteiger partial charge is 0.166 e. The largest absolute Gasteiger partial charge is 0.206 e. The fraction of sp³-hybridized carbons (Fsp3) is 0.143. The van der Waals surface area contributed by atoms with Crippen LogP contribution in [-0.2, 0) is 6.42 Å². The van der Waals surface area contributed by atoms with Gasteiger partial charge in [-0.3, -0.25) is 0 Å². The van der Waals surface area contributed by atoms with Gasteiger partial charge in [0.2, 0.25) is 0 Å². The molecule has 0 saturated heterocycles. The minimum Gasteiger partial charge on any atom is -0.206 e. The van der Waals surface area contributed by atoms with E-state index in [2.05, 4.69) is 18.8 Å². The van der Waals surface area contributed by atoms with Gasteiger partial charge in [0.1, 0.15) is 11.6 Å². The van der Waals surface area contributed by atoms with Crippen molar-refractivity contribution >= 4 is 10.8 Å². The molecule has 0 saturated carbocycles. The second-order valence-corrected chi connectivity index (χ2v) is 7.66. The summed E-state index contributed by atoms with van der Waals surface area (Å²) in [7, 11) is 0. The van der Waals surface area contributed by atoms with E-state index in [1.165, 1.54) is 30.3 Å². The molecule has 0 aromatic heterocycles. The summed E-state index contributed by atoms with van der Waals surface area (Å²) in [5.41, 5.74) is 2.41. The first-order valence-electron chi connectivity index (χ1n) is 10.4. The molecule has 0 heterocycles. The van der Waals surface area contributed by atoms with Crippen molar-refractivity contribution in [1.29, 1.82) is 0 Å². The van der Waals surface area contributed by atoms with Crippen molar-refractivity contribution in [3.05, 3.63) is 107 Å². The number of benzene rings is 4. The number of unbranched alkanes of at least 4 members (excludes halogenated alkanes) is 1. The Hall–Kier alpha value is -3.58. The van der Waals surface area contributed by atoms with E-state index in [0.717, 1.165) is 30.9 Å². The van der Waals surface area contributed by atoms with E-state index in [-0.39, 0.29) is 16.8 Å². The Labute approximate surface area is 184 Å². The van der Waals surface area contributed by atoms with Crippen LogP contribution in [0.3, 0.4) is 0 Å². The summed E-state index contributed by atoms with van der Waals surface area (Å²) in [4.78, 5) is 0. The van der Waals surface area contributed by atoms with Crippen LogP contribution in [0.25, 0.3) is 21.9 Å². The van der Waals surface area contributed by atoms with Crippen LogP contribution in [0.4, 0.5) is 17.6 Å². The molecule has 0 aliphatic carbocycles. The summed E-state index contributed by atoms with van der Waals surface area (Å²) in [6, 6.07) is 16.6. The molecule has 4 heteroatoms. The van der Waals surface area contributed by atoms with Crippen LogP contribution in [0.2, 0.25) is 0 Å². The third-order valence-corrected chi connectivity index (χ3v) is 5.38. The summed E-state index contributed by atoms with van der Waals surface area (Å²) in [6.45, 7) is 2.08. The third kappa shape index (κ3) is 4.53. The van der Waals surface area contributed by atoms with Gasteiger partial charge in [-0.2, -0.15) is 0 Å². The summed E-state index contributed by atoms with van der Waals surface area (Å²) >= 11 is 0. The second kappa shape index (κ2) is 9.28. The zero-order valence-corrected chi connectivity index (χ0v) is 17.5. The molecule has 0 aliphatic rings. The number of aryl methyl sites for hydroxylation is 1. The first kappa shape index (κ1) is 21.6. The predicted octanol–water partition coefficient (Wildman–Crippen LogP) is 7.81. The maximum absolute atomic E-state index is 14.7. The lowest BCUT2D eigenvalue weighted by Gasteiger charge is -2.07. The van der Waals surface area contributed by atoms with Crippen molar-refractivity contribution in [2.24, 2.45) is 0 Å². The summed E-state index contributed by atoms with van der Waals surface area (Å²) in [5, 5.41) is 0.665. The van der Waals surface area contributed by atoms with E-state index in [9.17, 15) is 17.6 Å². The minimum absolute atomic E-state index is 0.161. The van der Waals surface area contributed by atoms with Crippen LogP contribution >= 0.6 is 0 Å². The first-order valence-corrected chi connectivity index (χ1v) is 10.4. The fourth-order valence-corrected chi connectivity index (χ4v) is 3.60. The van der Waals surface area contributed by atoms with Crippen molar-refractivity contribution in [1.82, 2.24) is 0 Å².